The number of halogens is 1. The summed E-state index contributed by atoms with van der Waals surface area (Å²) >= 11 is 6.10. The number of carbonyl (C=O) groups excluding carboxylic acids is 1. The van der Waals surface area contributed by atoms with Gasteiger partial charge in [-0.05, 0) is 45.4 Å². The van der Waals surface area contributed by atoms with Crippen molar-refractivity contribution in [3.8, 4) is 5.75 Å². The number of ether oxygens (including phenoxy) is 2. The van der Waals surface area contributed by atoms with Crippen LogP contribution < -0.4 is 4.74 Å². The molecule has 1 aromatic carbocycles. The lowest BCUT2D eigenvalue weighted by Gasteiger charge is -2.24. The highest BCUT2D eigenvalue weighted by Gasteiger charge is 2.30. The second kappa shape index (κ2) is 7.04. The van der Waals surface area contributed by atoms with Gasteiger partial charge in [-0.2, -0.15) is 0 Å². The SMILES string of the molecule is CC(C)(C)OC(=O)N1CCC(COc2ccc3ncnc(Cl)c3c2)C1. The number of likely N-dealkylation sites (tertiary alicyclic amines) is 1. The molecule has 1 unspecified atom stereocenters. The second-order valence-electron chi connectivity index (χ2n) is 7.24. The molecule has 6 nitrogen and oxygen atoms in total. The van der Waals surface area contributed by atoms with Gasteiger partial charge in [0.25, 0.3) is 0 Å². The Kier molecular flexibility index (Phi) is 4.99. The van der Waals surface area contributed by atoms with Crippen LogP contribution in [0.2, 0.25) is 5.15 Å². The molecule has 7 heteroatoms. The summed E-state index contributed by atoms with van der Waals surface area (Å²) in [6.45, 7) is 7.49. The molecule has 1 aliphatic heterocycles. The predicted molar refractivity (Wildman–Crippen MR) is 96.0 cm³/mol. The molecule has 1 fully saturated rings. The van der Waals surface area contributed by atoms with Gasteiger partial charge in [-0.25, -0.2) is 14.8 Å². The van der Waals surface area contributed by atoms with Gasteiger partial charge in [0.1, 0.15) is 22.8 Å². The summed E-state index contributed by atoms with van der Waals surface area (Å²) in [4.78, 5) is 22.0. The number of fused-ring (bicyclic) bond motifs is 1. The van der Waals surface area contributed by atoms with Gasteiger partial charge in [0, 0.05) is 24.4 Å². The van der Waals surface area contributed by atoms with Crippen LogP contribution in [0, 0.1) is 5.92 Å². The molecule has 134 valence electrons. The molecule has 25 heavy (non-hydrogen) atoms. The smallest absolute Gasteiger partial charge is 0.410 e. The number of rotatable bonds is 3. The highest BCUT2D eigenvalue weighted by molar-refractivity contribution is 6.34. The molecule has 1 amide bonds. The van der Waals surface area contributed by atoms with Gasteiger partial charge in [0.15, 0.2) is 0 Å². The van der Waals surface area contributed by atoms with Gasteiger partial charge in [0.05, 0.1) is 12.1 Å². The number of hydrogen-bond acceptors (Lipinski definition) is 5. The minimum Gasteiger partial charge on any atom is -0.493 e. The molecule has 1 aromatic heterocycles. The average Bonchev–Trinajstić information content (AvgIpc) is 3.01. The van der Waals surface area contributed by atoms with Crippen molar-refractivity contribution in [3.63, 3.8) is 0 Å². The average molecular weight is 364 g/mol. The molecule has 1 aliphatic rings. The minimum absolute atomic E-state index is 0.260. The van der Waals surface area contributed by atoms with Crippen LogP contribution in [-0.2, 0) is 4.74 Å². The highest BCUT2D eigenvalue weighted by atomic mass is 35.5. The van der Waals surface area contributed by atoms with Gasteiger partial charge < -0.3 is 14.4 Å². The highest BCUT2D eigenvalue weighted by Crippen LogP contribution is 2.26. The fourth-order valence-corrected chi connectivity index (χ4v) is 2.96. The van der Waals surface area contributed by atoms with Crippen molar-refractivity contribution in [3.05, 3.63) is 29.7 Å². The third kappa shape index (κ3) is 4.51. The van der Waals surface area contributed by atoms with Crippen LogP contribution in [0.1, 0.15) is 27.2 Å². The predicted octanol–water partition coefficient (Wildman–Crippen LogP) is 3.92. The zero-order chi connectivity index (χ0) is 18.0. The van der Waals surface area contributed by atoms with E-state index in [-0.39, 0.29) is 12.0 Å². The number of aromatic nitrogens is 2. The Bertz CT molecular complexity index is 776. The van der Waals surface area contributed by atoms with Crippen LogP contribution in [0.25, 0.3) is 10.9 Å². The van der Waals surface area contributed by atoms with Gasteiger partial charge in [-0.1, -0.05) is 11.6 Å². The summed E-state index contributed by atoms with van der Waals surface area (Å²) in [5, 5.41) is 1.18. The first-order chi connectivity index (χ1) is 11.8. The van der Waals surface area contributed by atoms with Crippen molar-refractivity contribution in [2.24, 2.45) is 5.92 Å². The van der Waals surface area contributed by atoms with E-state index in [4.69, 9.17) is 21.1 Å². The summed E-state index contributed by atoms with van der Waals surface area (Å²) < 4.78 is 11.3. The molecule has 1 atom stereocenters. The van der Waals surface area contributed by atoms with Crippen LogP contribution in [0.3, 0.4) is 0 Å². The van der Waals surface area contributed by atoms with E-state index in [0.29, 0.717) is 24.8 Å². The summed E-state index contributed by atoms with van der Waals surface area (Å²) in [6.07, 6.45) is 2.08. The fraction of sp³-hybridized carbons (Fsp3) is 0.500. The molecule has 0 radical (unpaired) electrons. The van der Waals surface area contributed by atoms with E-state index in [2.05, 4.69) is 9.97 Å². The Morgan fingerprint density at radius 1 is 1.36 bits per heavy atom. The van der Waals surface area contributed by atoms with Crippen LogP contribution >= 0.6 is 11.6 Å². The van der Waals surface area contributed by atoms with Crippen molar-refractivity contribution in [1.82, 2.24) is 14.9 Å². The molecular weight excluding hydrogens is 342 g/mol. The monoisotopic (exact) mass is 363 g/mol. The van der Waals surface area contributed by atoms with Crippen LogP contribution in [0.4, 0.5) is 4.79 Å². The molecule has 0 bridgehead atoms. The third-order valence-corrected chi connectivity index (χ3v) is 4.28. The van der Waals surface area contributed by atoms with Crippen molar-refractivity contribution in [2.45, 2.75) is 32.8 Å². The molecule has 3 rings (SSSR count). The lowest BCUT2D eigenvalue weighted by molar-refractivity contribution is 0.0285. The molecule has 1 saturated heterocycles. The fourth-order valence-electron chi connectivity index (χ4n) is 2.77. The van der Waals surface area contributed by atoms with E-state index in [1.165, 1.54) is 6.33 Å². The quantitative estimate of drug-likeness (QED) is 0.773. The Hall–Kier alpha value is -2.08. The number of hydrogen-bond donors (Lipinski definition) is 0. The Balaban J connectivity index is 1.56. The van der Waals surface area contributed by atoms with Crippen molar-refractivity contribution in [1.29, 1.82) is 0 Å². The largest absolute Gasteiger partial charge is 0.493 e. The standard InChI is InChI=1S/C18H22ClN3O3/c1-18(2,3)25-17(23)22-7-6-12(9-22)10-24-13-4-5-15-14(8-13)16(19)21-11-20-15/h4-5,8,11-12H,6-7,9-10H2,1-3H3. The lowest BCUT2D eigenvalue weighted by atomic mass is 10.1. The van der Waals surface area contributed by atoms with Crippen molar-refractivity contribution >= 4 is 28.6 Å². The van der Waals surface area contributed by atoms with Gasteiger partial charge >= 0.3 is 6.09 Å². The first-order valence-electron chi connectivity index (χ1n) is 8.33. The third-order valence-electron chi connectivity index (χ3n) is 3.98. The second-order valence-corrected chi connectivity index (χ2v) is 7.59. The zero-order valence-corrected chi connectivity index (χ0v) is 15.4. The number of benzene rings is 1. The van der Waals surface area contributed by atoms with Crippen molar-refractivity contribution in [2.75, 3.05) is 19.7 Å². The first kappa shape index (κ1) is 17.7. The lowest BCUT2D eigenvalue weighted by Crippen LogP contribution is -2.35. The number of amides is 1. The molecular formula is C18H22ClN3O3. The van der Waals surface area contributed by atoms with E-state index < -0.39 is 5.60 Å². The van der Waals surface area contributed by atoms with E-state index >= 15 is 0 Å². The zero-order valence-electron chi connectivity index (χ0n) is 14.7. The van der Waals surface area contributed by atoms with Crippen molar-refractivity contribution < 1.29 is 14.3 Å². The molecule has 0 saturated carbocycles. The molecule has 2 aromatic rings. The topological polar surface area (TPSA) is 64.5 Å². The molecule has 2 heterocycles. The summed E-state index contributed by atoms with van der Waals surface area (Å²) in [5.41, 5.74) is 0.308. The summed E-state index contributed by atoms with van der Waals surface area (Å²) in [7, 11) is 0. The summed E-state index contributed by atoms with van der Waals surface area (Å²) in [6, 6.07) is 5.57. The maximum absolute atomic E-state index is 12.1. The van der Waals surface area contributed by atoms with E-state index in [0.717, 1.165) is 23.1 Å². The maximum Gasteiger partial charge on any atom is 0.410 e. The Morgan fingerprint density at radius 3 is 2.92 bits per heavy atom. The van der Waals surface area contributed by atoms with Crippen LogP contribution in [0.15, 0.2) is 24.5 Å². The van der Waals surface area contributed by atoms with E-state index in [1.807, 2.05) is 39.0 Å². The first-order valence-corrected chi connectivity index (χ1v) is 8.70. The number of nitrogens with zero attached hydrogens (tertiary/aromatic N) is 3. The van der Waals surface area contributed by atoms with Gasteiger partial charge in [-0.15, -0.1) is 0 Å². The summed E-state index contributed by atoms with van der Waals surface area (Å²) in [5.74, 6) is 1.01. The normalized spacial score (nSPS) is 17.8. The van der Waals surface area contributed by atoms with E-state index in [1.54, 1.807) is 4.90 Å². The maximum atomic E-state index is 12.1. The van der Waals surface area contributed by atoms with Crippen LogP contribution in [-0.4, -0.2) is 46.3 Å². The number of carbonyl (C=O) groups is 1. The van der Waals surface area contributed by atoms with Gasteiger partial charge in [-0.3, -0.25) is 0 Å². The van der Waals surface area contributed by atoms with E-state index in [9.17, 15) is 4.79 Å². The molecule has 0 aliphatic carbocycles. The molecule has 0 N–H and O–H groups in total. The molecule has 0 spiro atoms. The Labute approximate surface area is 152 Å². The van der Waals surface area contributed by atoms with Crippen LogP contribution in [0.5, 0.6) is 5.75 Å². The minimum atomic E-state index is -0.474. The van der Waals surface area contributed by atoms with Gasteiger partial charge in [0.2, 0.25) is 0 Å². The Morgan fingerprint density at radius 2 is 2.16 bits per heavy atom.